The van der Waals surface area contributed by atoms with Gasteiger partial charge in [0.2, 0.25) is 0 Å². The lowest BCUT2D eigenvalue weighted by Crippen LogP contribution is -2.51. The van der Waals surface area contributed by atoms with Gasteiger partial charge < -0.3 is 40.7 Å². The Bertz CT molecular complexity index is 1370. The molecule has 6 N–H and O–H groups in total. The van der Waals surface area contributed by atoms with E-state index in [1.807, 2.05) is 0 Å². The van der Waals surface area contributed by atoms with Crippen LogP contribution in [-0.4, -0.2) is 103 Å². The van der Waals surface area contributed by atoms with Gasteiger partial charge in [-0.1, -0.05) is 5.21 Å². The number of benzene rings is 1. The van der Waals surface area contributed by atoms with Crippen LogP contribution in [0.5, 0.6) is 0 Å². The number of carboxylic acids is 3. The maximum atomic E-state index is 12.1. The normalized spacial score (nSPS) is 12.1. The van der Waals surface area contributed by atoms with Gasteiger partial charge in [-0.05, 0) is 31.7 Å². The van der Waals surface area contributed by atoms with Crippen molar-refractivity contribution in [3.63, 3.8) is 0 Å². The highest BCUT2D eigenvalue weighted by Gasteiger charge is 2.25. The van der Waals surface area contributed by atoms with Gasteiger partial charge in [0, 0.05) is 25.6 Å². The van der Waals surface area contributed by atoms with Crippen molar-refractivity contribution in [3.8, 4) is 0 Å². The number of aliphatic carboxylic acids is 3. The molecule has 21 heteroatoms. The molecule has 0 aliphatic carbocycles. The lowest BCUT2D eigenvalue weighted by molar-refractivity contribution is -0.393. The van der Waals surface area contributed by atoms with E-state index in [1.54, 1.807) is 6.20 Å². The number of unbranched alkanes of at least 4 members (excludes halogenated alkanes) is 1. The molecular weight excluding hydrogens is 620 g/mol. The number of carbonyl (C=O) groups is 4. The molecule has 46 heavy (non-hydrogen) atoms. The third-order valence-corrected chi connectivity index (χ3v) is 6.14. The lowest BCUT2D eigenvalue weighted by atomic mass is 10.1. The van der Waals surface area contributed by atoms with Crippen molar-refractivity contribution in [2.24, 2.45) is 0 Å². The minimum atomic E-state index is -1.49. The number of non-ortho nitro benzene ring substituents is 1. The third-order valence-electron chi connectivity index (χ3n) is 6.14. The number of nitro benzene ring substituents is 2. The molecule has 2 aromatic rings. The molecule has 0 aliphatic heterocycles. The Kier molecular flexibility index (Phi) is 15.2. The summed E-state index contributed by atoms with van der Waals surface area (Å²) >= 11 is 0. The maximum absolute atomic E-state index is 12.1. The minimum Gasteiger partial charge on any atom is -0.481 e. The van der Waals surface area contributed by atoms with E-state index in [0.29, 0.717) is 25.1 Å². The quantitative estimate of drug-likeness (QED) is 0.0552. The van der Waals surface area contributed by atoms with E-state index in [0.717, 1.165) is 12.1 Å². The van der Waals surface area contributed by atoms with Crippen LogP contribution in [0.3, 0.4) is 0 Å². The number of nitrogens with one attached hydrogen (secondary N) is 3. The van der Waals surface area contributed by atoms with Gasteiger partial charge in [-0.3, -0.25) is 29.7 Å². The molecule has 2 rings (SSSR count). The Morgan fingerprint density at radius 3 is 2.22 bits per heavy atom. The van der Waals surface area contributed by atoms with Gasteiger partial charge in [0.1, 0.15) is 23.5 Å². The predicted molar refractivity (Wildman–Crippen MR) is 154 cm³/mol. The number of hydrogen-bond acceptors (Lipinski definition) is 13. The highest BCUT2D eigenvalue weighted by Crippen LogP contribution is 2.28. The fourth-order valence-electron chi connectivity index (χ4n) is 3.87. The minimum absolute atomic E-state index is 0.0422. The standard InChI is InChI=1S/C25H34N8O13/c34-22(35)7-6-20(24(38)39)28-25(40)27-19(23(36)37)3-1-2-9-31-14-16(29-30-31)15-46-12-11-45-10-8-26-18-5-4-17(32(41)42)13-21(18)33(43)44/h4-5,13-14,19-20,26H,1-3,6-12,15H2,(H,34,35)(H,36,37)(H,38,39)(H2,27,28,40)/t19-,20-/m0/s1. The van der Waals surface area contributed by atoms with Crippen molar-refractivity contribution in [2.45, 2.75) is 57.3 Å². The number of nitrogens with zero attached hydrogens (tertiary/aromatic N) is 5. The smallest absolute Gasteiger partial charge is 0.326 e. The highest BCUT2D eigenvalue weighted by atomic mass is 16.6. The predicted octanol–water partition coefficient (Wildman–Crippen LogP) is 0.981. The number of anilines is 1. The summed E-state index contributed by atoms with van der Waals surface area (Å²) in [7, 11) is 0. The Labute approximate surface area is 260 Å². The summed E-state index contributed by atoms with van der Waals surface area (Å²) in [5.74, 6) is -4.00. The molecule has 2 atom stereocenters. The van der Waals surface area contributed by atoms with Crippen LogP contribution in [0.25, 0.3) is 0 Å². The highest BCUT2D eigenvalue weighted by molar-refractivity contribution is 5.86. The van der Waals surface area contributed by atoms with Crippen molar-refractivity contribution in [3.05, 3.63) is 50.3 Å². The average molecular weight is 655 g/mol. The summed E-state index contributed by atoms with van der Waals surface area (Å²) in [5, 5.41) is 64.2. The zero-order valence-electron chi connectivity index (χ0n) is 24.4. The lowest BCUT2D eigenvalue weighted by Gasteiger charge is -2.18. The van der Waals surface area contributed by atoms with Gasteiger partial charge in [-0.25, -0.2) is 14.4 Å². The van der Waals surface area contributed by atoms with Gasteiger partial charge in [-0.2, -0.15) is 0 Å². The molecule has 0 saturated heterocycles. The molecule has 1 heterocycles. The fraction of sp³-hybridized carbons (Fsp3) is 0.520. The maximum Gasteiger partial charge on any atom is 0.326 e. The van der Waals surface area contributed by atoms with E-state index in [2.05, 4.69) is 26.3 Å². The molecule has 21 nitrogen and oxygen atoms in total. The SMILES string of the molecule is O=C(O)CC[C@H](NC(=O)N[C@@H](CCCCn1cc(COCCOCCNc2ccc([N+](=O)[O-])cc2[N+](=O)[O-])nn1)C(=O)O)C(=O)O. The Balaban J connectivity index is 1.62. The van der Waals surface area contributed by atoms with Gasteiger partial charge in [0.25, 0.3) is 11.4 Å². The van der Waals surface area contributed by atoms with Crippen LogP contribution in [0.2, 0.25) is 0 Å². The van der Waals surface area contributed by atoms with E-state index in [-0.39, 0.29) is 57.2 Å². The number of aryl methyl sites for hydroxylation is 1. The van der Waals surface area contributed by atoms with Crippen LogP contribution in [0.15, 0.2) is 24.4 Å². The van der Waals surface area contributed by atoms with Crippen LogP contribution in [-0.2, 0) is 37.0 Å². The largest absolute Gasteiger partial charge is 0.481 e. The van der Waals surface area contributed by atoms with Crippen LogP contribution in [0, 0.1) is 20.2 Å². The van der Waals surface area contributed by atoms with Crippen LogP contribution in [0.4, 0.5) is 21.9 Å². The topological polar surface area (TPSA) is 301 Å². The molecule has 0 radical (unpaired) electrons. The molecular formula is C25H34N8O13. The van der Waals surface area contributed by atoms with Crippen molar-refractivity contribution in [1.29, 1.82) is 0 Å². The third kappa shape index (κ3) is 13.5. The molecule has 0 aliphatic rings. The Morgan fingerprint density at radius 1 is 0.913 bits per heavy atom. The number of ether oxygens (including phenoxy) is 2. The number of aromatic nitrogens is 3. The number of nitro groups is 2. The number of rotatable bonds is 23. The van der Waals surface area contributed by atoms with Gasteiger partial charge >= 0.3 is 23.9 Å². The average Bonchev–Trinajstić information content (AvgIpc) is 3.45. The van der Waals surface area contributed by atoms with Gasteiger partial charge in [0.05, 0.1) is 48.5 Å². The second-order valence-electron chi connectivity index (χ2n) is 9.61. The summed E-state index contributed by atoms with van der Waals surface area (Å²) in [5.41, 5.74) is -0.150. The van der Waals surface area contributed by atoms with Crippen LogP contribution >= 0.6 is 0 Å². The second kappa shape index (κ2) is 19.1. The first-order valence-corrected chi connectivity index (χ1v) is 13.8. The first-order chi connectivity index (χ1) is 21.9. The van der Waals surface area contributed by atoms with Gasteiger partial charge in [-0.15, -0.1) is 5.10 Å². The Hall–Kier alpha value is -5.44. The number of hydrogen-bond donors (Lipinski definition) is 6. The summed E-state index contributed by atoms with van der Waals surface area (Å²) in [6.07, 6.45) is 1.68. The molecule has 1 aromatic carbocycles. The molecule has 0 bridgehead atoms. The number of carbonyl (C=O) groups excluding carboxylic acids is 1. The first-order valence-electron chi connectivity index (χ1n) is 13.8. The number of carboxylic acid groups (broad SMARTS) is 3. The molecule has 252 valence electrons. The van der Waals surface area contributed by atoms with Crippen LogP contribution in [0.1, 0.15) is 37.8 Å². The summed E-state index contributed by atoms with van der Waals surface area (Å²) in [6.45, 7) is 1.36. The zero-order valence-corrected chi connectivity index (χ0v) is 24.4. The van der Waals surface area contributed by atoms with E-state index >= 15 is 0 Å². The molecule has 0 spiro atoms. The van der Waals surface area contributed by atoms with E-state index in [1.165, 1.54) is 10.7 Å². The molecule has 0 unspecified atom stereocenters. The molecule has 0 saturated carbocycles. The van der Waals surface area contributed by atoms with Crippen molar-refractivity contribution in [1.82, 2.24) is 25.6 Å². The fourth-order valence-corrected chi connectivity index (χ4v) is 3.87. The van der Waals surface area contributed by atoms with E-state index in [4.69, 9.17) is 19.7 Å². The van der Waals surface area contributed by atoms with Gasteiger partial charge in [0.15, 0.2) is 0 Å². The van der Waals surface area contributed by atoms with E-state index < -0.39 is 58.0 Å². The summed E-state index contributed by atoms with van der Waals surface area (Å²) in [6, 6.07) is -0.537. The molecule has 0 fully saturated rings. The number of urea groups is 1. The van der Waals surface area contributed by atoms with Crippen LogP contribution < -0.4 is 16.0 Å². The van der Waals surface area contributed by atoms with Crippen molar-refractivity contribution in [2.75, 3.05) is 31.7 Å². The zero-order chi connectivity index (χ0) is 34.1. The monoisotopic (exact) mass is 654 g/mol. The second-order valence-corrected chi connectivity index (χ2v) is 9.61. The van der Waals surface area contributed by atoms with Crippen molar-refractivity contribution >= 4 is 41.0 Å². The number of amides is 2. The summed E-state index contributed by atoms with van der Waals surface area (Å²) in [4.78, 5) is 66.0. The Morgan fingerprint density at radius 2 is 1.59 bits per heavy atom. The van der Waals surface area contributed by atoms with Crippen molar-refractivity contribution < 1.29 is 53.8 Å². The molecule has 1 aromatic heterocycles. The van der Waals surface area contributed by atoms with E-state index in [9.17, 15) is 44.5 Å². The molecule has 2 amide bonds. The summed E-state index contributed by atoms with van der Waals surface area (Å²) < 4.78 is 12.4. The first kappa shape index (κ1) is 36.8.